The summed E-state index contributed by atoms with van der Waals surface area (Å²) in [6, 6.07) is 6.37. The molecule has 0 aliphatic carbocycles. The summed E-state index contributed by atoms with van der Waals surface area (Å²) in [7, 11) is 3.89. The molecule has 1 unspecified atom stereocenters. The van der Waals surface area contributed by atoms with Crippen molar-refractivity contribution < 1.29 is 41.7 Å². The molecular weight excluding hydrogens is 489 g/mol. The van der Waals surface area contributed by atoms with E-state index in [9.17, 15) is 22.8 Å². The van der Waals surface area contributed by atoms with Gasteiger partial charge in [0.05, 0.1) is 44.2 Å². The van der Waals surface area contributed by atoms with Gasteiger partial charge in [-0.15, -0.1) is 0 Å². The standard InChI is InChI=1S/C23H21F3N2O6S/c1-11(29)34-20-15(31-2)9-13(10-16(20)32-3)19-17(21(30)33-4)18(27-22(35)28-19)12-5-7-14(8-6-12)23(24,25)26/h5-10,19H,1-4H3,(H2,27,28,35). The molecule has 3 rings (SSSR count). The minimum absolute atomic E-state index is 0.0364. The van der Waals surface area contributed by atoms with Crippen molar-refractivity contribution in [1.29, 1.82) is 0 Å². The van der Waals surface area contributed by atoms with Crippen LogP contribution in [0.4, 0.5) is 13.2 Å². The van der Waals surface area contributed by atoms with Crippen LogP contribution in [0, 0.1) is 0 Å². The lowest BCUT2D eigenvalue weighted by Crippen LogP contribution is -2.45. The number of hydrogen-bond acceptors (Lipinski definition) is 7. The van der Waals surface area contributed by atoms with Crippen LogP contribution in [0.2, 0.25) is 0 Å². The Balaban J connectivity index is 2.21. The molecule has 0 saturated carbocycles. The number of hydrogen-bond donors (Lipinski definition) is 2. The van der Waals surface area contributed by atoms with Gasteiger partial charge in [-0.25, -0.2) is 4.79 Å². The van der Waals surface area contributed by atoms with E-state index in [0.717, 1.165) is 12.1 Å². The van der Waals surface area contributed by atoms with E-state index >= 15 is 0 Å². The number of nitrogens with one attached hydrogen (secondary N) is 2. The number of carbonyl (C=O) groups is 2. The smallest absolute Gasteiger partial charge is 0.416 e. The first-order valence-electron chi connectivity index (χ1n) is 10.0. The Kier molecular flexibility index (Phi) is 7.54. The minimum atomic E-state index is -4.52. The first-order chi connectivity index (χ1) is 16.5. The summed E-state index contributed by atoms with van der Waals surface area (Å²) in [6.45, 7) is 1.22. The summed E-state index contributed by atoms with van der Waals surface area (Å²) in [6.07, 6.45) is -4.52. The molecule has 2 aromatic rings. The van der Waals surface area contributed by atoms with Gasteiger partial charge in [0.1, 0.15) is 0 Å². The van der Waals surface area contributed by atoms with Crippen molar-refractivity contribution in [3.05, 3.63) is 58.7 Å². The number of alkyl halides is 3. The molecule has 1 aliphatic heterocycles. The van der Waals surface area contributed by atoms with Crippen LogP contribution in [0.25, 0.3) is 5.70 Å². The summed E-state index contributed by atoms with van der Waals surface area (Å²) in [5.74, 6) is -1.04. The highest BCUT2D eigenvalue weighted by atomic mass is 32.1. The van der Waals surface area contributed by atoms with Crippen molar-refractivity contribution in [1.82, 2.24) is 10.6 Å². The van der Waals surface area contributed by atoms with Crippen molar-refractivity contribution >= 4 is 35.0 Å². The van der Waals surface area contributed by atoms with Crippen molar-refractivity contribution in [2.75, 3.05) is 21.3 Å². The zero-order valence-corrected chi connectivity index (χ0v) is 19.8. The normalized spacial score (nSPS) is 15.6. The van der Waals surface area contributed by atoms with Gasteiger partial charge in [0.25, 0.3) is 0 Å². The van der Waals surface area contributed by atoms with Crippen molar-refractivity contribution in [3.63, 3.8) is 0 Å². The molecule has 2 N–H and O–H groups in total. The van der Waals surface area contributed by atoms with Gasteiger partial charge in [0.2, 0.25) is 5.75 Å². The number of esters is 2. The Morgan fingerprint density at radius 1 is 1.00 bits per heavy atom. The lowest BCUT2D eigenvalue weighted by atomic mass is 9.92. The molecule has 0 spiro atoms. The van der Waals surface area contributed by atoms with Crippen molar-refractivity contribution in [3.8, 4) is 17.2 Å². The largest absolute Gasteiger partial charge is 0.493 e. The van der Waals surface area contributed by atoms with E-state index in [1.165, 1.54) is 52.5 Å². The molecule has 1 atom stereocenters. The zero-order valence-electron chi connectivity index (χ0n) is 19.0. The molecule has 0 radical (unpaired) electrons. The third-order valence-electron chi connectivity index (χ3n) is 5.04. The van der Waals surface area contributed by atoms with E-state index in [1.54, 1.807) is 0 Å². The highest BCUT2D eigenvalue weighted by Crippen LogP contribution is 2.43. The lowest BCUT2D eigenvalue weighted by Gasteiger charge is -2.31. The first kappa shape index (κ1) is 25.8. The van der Waals surface area contributed by atoms with Gasteiger partial charge in [-0.2, -0.15) is 13.2 Å². The first-order valence-corrected chi connectivity index (χ1v) is 10.4. The van der Waals surface area contributed by atoms with Crippen molar-refractivity contribution in [2.24, 2.45) is 0 Å². The molecule has 0 bridgehead atoms. The van der Waals surface area contributed by atoms with Gasteiger partial charge in [0.15, 0.2) is 16.6 Å². The second kappa shape index (κ2) is 10.2. The molecule has 35 heavy (non-hydrogen) atoms. The van der Waals surface area contributed by atoms with Crippen LogP contribution in [-0.4, -0.2) is 38.4 Å². The molecule has 186 valence electrons. The van der Waals surface area contributed by atoms with E-state index in [2.05, 4.69) is 10.6 Å². The SMILES string of the molecule is COC(=O)C1=C(c2ccc(C(F)(F)F)cc2)NC(=S)NC1c1cc(OC)c(OC(C)=O)c(OC)c1. The summed E-state index contributed by atoms with van der Waals surface area (Å²) in [5.41, 5.74) is 0.0718. The number of ether oxygens (including phenoxy) is 4. The van der Waals surface area contributed by atoms with Gasteiger partial charge < -0.3 is 29.6 Å². The Labute approximate surface area is 204 Å². The number of rotatable bonds is 6. The molecule has 1 heterocycles. The lowest BCUT2D eigenvalue weighted by molar-refractivity contribution is -0.138. The van der Waals surface area contributed by atoms with Crippen LogP contribution in [0.1, 0.15) is 29.7 Å². The summed E-state index contributed by atoms with van der Waals surface area (Å²) < 4.78 is 60.0. The maximum atomic E-state index is 13.0. The summed E-state index contributed by atoms with van der Waals surface area (Å²) >= 11 is 5.31. The second-order valence-electron chi connectivity index (χ2n) is 7.24. The van der Waals surface area contributed by atoms with Crippen LogP contribution in [0.5, 0.6) is 17.2 Å². The summed E-state index contributed by atoms with van der Waals surface area (Å²) in [4.78, 5) is 24.4. The maximum Gasteiger partial charge on any atom is 0.416 e. The van der Waals surface area contributed by atoms with Crippen LogP contribution >= 0.6 is 12.2 Å². The third-order valence-corrected chi connectivity index (χ3v) is 5.26. The number of carbonyl (C=O) groups excluding carboxylic acids is 2. The van der Waals surface area contributed by atoms with E-state index in [-0.39, 0.29) is 39.2 Å². The van der Waals surface area contributed by atoms with E-state index in [1.807, 2.05) is 0 Å². The average Bonchev–Trinajstić information content (AvgIpc) is 2.82. The minimum Gasteiger partial charge on any atom is -0.493 e. The monoisotopic (exact) mass is 510 g/mol. The average molecular weight is 510 g/mol. The quantitative estimate of drug-likeness (QED) is 0.342. The molecule has 8 nitrogen and oxygen atoms in total. The number of benzene rings is 2. The number of methoxy groups -OCH3 is 3. The second-order valence-corrected chi connectivity index (χ2v) is 7.64. The van der Waals surface area contributed by atoms with Gasteiger partial charge in [-0.1, -0.05) is 12.1 Å². The molecule has 0 amide bonds. The fourth-order valence-corrected chi connectivity index (χ4v) is 3.73. The maximum absolute atomic E-state index is 13.0. The highest BCUT2D eigenvalue weighted by molar-refractivity contribution is 7.80. The van der Waals surface area contributed by atoms with Crippen LogP contribution in [0.15, 0.2) is 42.0 Å². The fourth-order valence-electron chi connectivity index (χ4n) is 3.51. The third kappa shape index (κ3) is 5.48. The Bertz CT molecular complexity index is 1170. The highest BCUT2D eigenvalue weighted by Gasteiger charge is 2.35. The zero-order chi connectivity index (χ0) is 25.9. The van der Waals surface area contributed by atoms with Crippen LogP contribution < -0.4 is 24.8 Å². The predicted octanol–water partition coefficient (Wildman–Crippen LogP) is 3.75. The van der Waals surface area contributed by atoms with Crippen LogP contribution in [-0.2, 0) is 20.5 Å². The van der Waals surface area contributed by atoms with E-state index in [4.69, 9.17) is 31.2 Å². The van der Waals surface area contributed by atoms with Crippen LogP contribution in [0.3, 0.4) is 0 Å². The molecule has 0 saturated heterocycles. The molecule has 0 fully saturated rings. The molecule has 2 aromatic carbocycles. The number of halogens is 3. The summed E-state index contributed by atoms with van der Waals surface area (Å²) in [5, 5.41) is 5.91. The predicted molar refractivity (Wildman–Crippen MR) is 123 cm³/mol. The van der Waals surface area contributed by atoms with Gasteiger partial charge in [-0.05, 0) is 47.6 Å². The fraction of sp³-hybridized carbons (Fsp3) is 0.261. The Morgan fingerprint density at radius 2 is 1.57 bits per heavy atom. The molecule has 0 aromatic heterocycles. The molecular formula is C23H21F3N2O6S. The van der Waals surface area contributed by atoms with E-state index < -0.39 is 29.7 Å². The number of thiocarbonyl (C=S) groups is 1. The Hall–Kier alpha value is -3.80. The molecule has 12 heteroatoms. The molecule has 1 aliphatic rings. The topological polar surface area (TPSA) is 95.1 Å². The van der Waals surface area contributed by atoms with Gasteiger partial charge in [0, 0.05) is 6.92 Å². The van der Waals surface area contributed by atoms with E-state index in [0.29, 0.717) is 5.56 Å². The van der Waals surface area contributed by atoms with Gasteiger partial charge >= 0.3 is 18.1 Å². The van der Waals surface area contributed by atoms with Crippen molar-refractivity contribution in [2.45, 2.75) is 19.1 Å². The Morgan fingerprint density at radius 3 is 2.03 bits per heavy atom. The van der Waals surface area contributed by atoms with Gasteiger partial charge in [-0.3, -0.25) is 4.79 Å².